The van der Waals surface area contributed by atoms with Crippen LogP contribution in [0.5, 0.6) is 5.75 Å². The van der Waals surface area contributed by atoms with Gasteiger partial charge < -0.3 is 25.8 Å². The minimum atomic E-state index is -0.385. The maximum Gasteiger partial charge on any atom is 0.338 e. The summed E-state index contributed by atoms with van der Waals surface area (Å²) in [6.07, 6.45) is 1.40. The zero-order valence-electron chi connectivity index (χ0n) is 15.6. The first kappa shape index (κ1) is 19.0. The van der Waals surface area contributed by atoms with E-state index in [1.54, 1.807) is 38.3 Å². The number of esters is 1. The fourth-order valence-electron chi connectivity index (χ4n) is 2.48. The molecule has 0 bridgehead atoms. The van der Waals surface area contributed by atoms with Crippen molar-refractivity contribution in [3.63, 3.8) is 0 Å². The smallest absolute Gasteiger partial charge is 0.338 e. The molecule has 144 valence electrons. The standard InChI is InChI=1S/C20H21N5O3/c1-3-28-20(26)13-5-4-6-15(11-13)25-19-17(21)18(22-12-23-19)24-14-7-9-16(27-2)10-8-14/h4-12H,3,21H2,1-2H3,(H2,22,23,24,25). The third-order valence-corrected chi connectivity index (χ3v) is 3.87. The number of hydrogen-bond acceptors (Lipinski definition) is 8. The SMILES string of the molecule is CCOC(=O)c1cccc(Nc2ncnc(Nc3ccc(OC)cc3)c2N)c1. The van der Waals surface area contributed by atoms with Crippen LogP contribution in [0.25, 0.3) is 0 Å². The molecule has 0 amide bonds. The normalized spacial score (nSPS) is 10.2. The first-order chi connectivity index (χ1) is 13.6. The van der Waals surface area contributed by atoms with E-state index in [-0.39, 0.29) is 5.97 Å². The third kappa shape index (κ3) is 4.47. The molecule has 4 N–H and O–H groups in total. The van der Waals surface area contributed by atoms with Crippen molar-refractivity contribution < 1.29 is 14.3 Å². The van der Waals surface area contributed by atoms with Crippen LogP contribution in [0, 0.1) is 0 Å². The Morgan fingerprint density at radius 2 is 1.71 bits per heavy atom. The lowest BCUT2D eigenvalue weighted by molar-refractivity contribution is 0.0526. The third-order valence-electron chi connectivity index (χ3n) is 3.87. The van der Waals surface area contributed by atoms with E-state index in [0.29, 0.717) is 35.2 Å². The minimum absolute atomic E-state index is 0.315. The molecule has 1 aromatic heterocycles. The molecule has 3 rings (SSSR count). The highest BCUT2D eigenvalue weighted by molar-refractivity contribution is 5.91. The molecule has 0 atom stereocenters. The Labute approximate surface area is 162 Å². The molecule has 0 radical (unpaired) electrons. The number of benzene rings is 2. The summed E-state index contributed by atoms with van der Waals surface area (Å²) in [5.74, 6) is 1.25. The lowest BCUT2D eigenvalue weighted by Crippen LogP contribution is -2.07. The molecule has 1 heterocycles. The van der Waals surface area contributed by atoms with Gasteiger partial charge in [0.15, 0.2) is 11.6 Å². The van der Waals surface area contributed by atoms with E-state index in [9.17, 15) is 4.79 Å². The average Bonchev–Trinajstić information content (AvgIpc) is 2.72. The van der Waals surface area contributed by atoms with Crippen LogP contribution in [0.1, 0.15) is 17.3 Å². The Hall–Kier alpha value is -3.81. The molecule has 8 heteroatoms. The van der Waals surface area contributed by atoms with E-state index in [4.69, 9.17) is 15.2 Å². The van der Waals surface area contributed by atoms with Crippen LogP contribution < -0.4 is 21.1 Å². The topological polar surface area (TPSA) is 111 Å². The number of anilines is 5. The number of methoxy groups -OCH3 is 1. The summed E-state index contributed by atoms with van der Waals surface area (Å²) in [4.78, 5) is 20.3. The highest BCUT2D eigenvalue weighted by atomic mass is 16.5. The number of ether oxygens (including phenoxy) is 2. The van der Waals surface area contributed by atoms with Crippen molar-refractivity contribution in [2.24, 2.45) is 0 Å². The molecule has 0 aliphatic rings. The van der Waals surface area contributed by atoms with Crippen LogP contribution >= 0.6 is 0 Å². The predicted molar refractivity (Wildman–Crippen MR) is 108 cm³/mol. The van der Waals surface area contributed by atoms with E-state index in [2.05, 4.69) is 20.6 Å². The van der Waals surface area contributed by atoms with Crippen molar-refractivity contribution in [3.05, 3.63) is 60.4 Å². The molecule has 0 saturated heterocycles. The summed E-state index contributed by atoms with van der Waals surface area (Å²) in [6.45, 7) is 2.08. The Kier molecular flexibility index (Phi) is 5.91. The molecule has 3 aromatic rings. The lowest BCUT2D eigenvalue weighted by atomic mass is 10.2. The first-order valence-electron chi connectivity index (χ1n) is 8.66. The monoisotopic (exact) mass is 379 g/mol. The molecule has 0 saturated carbocycles. The van der Waals surface area contributed by atoms with Gasteiger partial charge in [0, 0.05) is 11.4 Å². The van der Waals surface area contributed by atoms with E-state index < -0.39 is 0 Å². The van der Waals surface area contributed by atoms with Gasteiger partial charge in [0.1, 0.15) is 17.8 Å². The van der Waals surface area contributed by atoms with Crippen LogP contribution in [0.2, 0.25) is 0 Å². The summed E-state index contributed by atoms with van der Waals surface area (Å²) in [5.41, 5.74) is 8.47. The first-order valence-corrected chi connectivity index (χ1v) is 8.66. The number of nitrogens with zero attached hydrogens (tertiary/aromatic N) is 2. The second-order valence-corrected chi connectivity index (χ2v) is 5.76. The molecular formula is C20H21N5O3. The predicted octanol–water partition coefficient (Wildman–Crippen LogP) is 3.73. The average molecular weight is 379 g/mol. The zero-order chi connectivity index (χ0) is 19.9. The van der Waals surface area contributed by atoms with E-state index in [1.807, 2.05) is 24.3 Å². The van der Waals surface area contributed by atoms with Crippen LogP contribution in [0.15, 0.2) is 54.9 Å². The second-order valence-electron chi connectivity index (χ2n) is 5.76. The molecule has 0 unspecified atom stereocenters. The summed E-state index contributed by atoms with van der Waals surface area (Å²) in [7, 11) is 1.61. The van der Waals surface area contributed by atoms with Gasteiger partial charge in [0.05, 0.1) is 19.3 Å². The molecule has 0 spiro atoms. The molecule has 0 aliphatic carbocycles. The van der Waals surface area contributed by atoms with Crippen molar-refractivity contribution in [3.8, 4) is 5.75 Å². The van der Waals surface area contributed by atoms with Gasteiger partial charge in [-0.3, -0.25) is 0 Å². The van der Waals surface area contributed by atoms with Crippen molar-refractivity contribution in [1.29, 1.82) is 0 Å². The number of aromatic nitrogens is 2. The summed E-state index contributed by atoms with van der Waals surface area (Å²) < 4.78 is 10.2. The largest absolute Gasteiger partial charge is 0.497 e. The van der Waals surface area contributed by atoms with Gasteiger partial charge in [0.2, 0.25) is 0 Å². The molecule has 28 heavy (non-hydrogen) atoms. The number of rotatable bonds is 7. The summed E-state index contributed by atoms with van der Waals surface area (Å²) in [5, 5.41) is 6.26. The van der Waals surface area contributed by atoms with Crippen molar-refractivity contribution in [2.45, 2.75) is 6.92 Å². The highest BCUT2D eigenvalue weighted by Crippen LogP contribution is 2.29. The van der Waals surface area contributed by atoms with E-state index in [0.717, 1.165) is 11.4 Å². The van der Waals surface area contributed by atoms with Crippen LogP contribution in [0.4, 0.5) is 28.7 Å². The molecule has 8 nitrogen and oxygen atoms in total. The molecule has 2 aromatic carbocycles. The Balaban J connectivity index is 1.79. The van der Waals surface area contributed by atoms with Crippen molar-refractivity contribution in [1.82, 2.24) is 9.97 Å². The number of nitrogen functional groups attached to an aromatic ring is 1. The fourth-order valence-corrected chi connectivity index (χ4v) is 2.48. The van der Waals surface area contributed by atoms with Gasteiger partial charge in [-0.15, -0.1) is 0 Å². The lowest BCUT2D eigenvalue weighted by Gasteiger charge is -2.13. The van der Waals surface area contributed by atoms with Crippen molar-refractivity contribution in [2.75, 3.05) is 30.1 Å². The quantitative estimate of drug-likeness (QED) is 0.533. The van der Waals surface area contributed by atoms with Gasteiger partial charge in [-0.05, 0) is 49.4 Å². The van der Waals surface area contributed by atoms with Gasteiger partial charge in [-0.1, -0.05) is 6.07 Å². The number of nitrogens with two attached hydrogens (primary N) is 1. The molecule has 0 fully saturated rings. The molecule has 0 aliphatic heterocycles. The number of hydrogen-bond donors (Lipinski definition) is 3. The Bertz CT molecular complexity index is 960. The number of carbonyl (C=O) groups is 1. The van der Waals surface area contributed by atoms with Gasteiger partial charge in [0.25, 0.3) is 0 Å². The maximum atomic E-state index is 11.9. The highest BCUT2D eigenvalue weighted by Gasteiger charge is 2.11. The maximum absolute atomic E-state index is 11.9. The van der Waals surface area contributed by atoms with Gasteiger partial charge in [-0.25, -0.2) is 14.8 Å². The van der Waals surface area contributed by atoms with Crippen LogP contribution in [-0.4, -0.2) is 29.7 Å². The minimum Gasteiger partial charge on any atom is -0.497 e. The summed E-state index contributed by atoms with van der Waals surface area (Å²) in [6, 6.07) is 14.3. The van der Waals surface area contributed by atoms with Gasteiger partial charge in [-0.2, -0.15) is 0 Å². The number of carbonyl (C=O) groups excluding carboxylic acids is 1. The van der Waals surface area contributed by atoms with E-state index >= 15 is 0 Å². The van der Waals surface area contributed by atoms with Gasteiger partial charge >= 0.3 is 5.97 Å². The fraction of sp³-hybridized carbons (Fsp3) is 0.150. The second kappa shape index (κ2) is 8.72. The molecular weight excluding hydrogens is 358 g/mol. The Morgan fingerprint density at radius 1 is 1.04 bits per heavy atom. The van der Waals surface area contributed by atoms with Crippen molar-refractivity contribution >= 4 is 34.7 Å². The number of nitrogens with one attached hydrogen (secondary N) is 2. The van der Waals surface area contributed by atoms with Crippen LogP contribution in [0.3, 0.4) is 0 Å². The zero-order valence-corrected chi connectivity index (χ0v) is 15.6. The Morgan fingerprint density at radius 3 is 2.36 bits per heavy atom. The van der Waals surface area contributed by atoms with E-state index in [1.165, 1.54) is 6.33 Å². The van der Waals surface area contributed by atoms with Crippen LogP contribution in [-0.2, 0) is 4.74 Å². The summed E-state index contributed by atoms with van der Waals surface area (Å²) >= 11 is 0.